The standard InChI is InChI=1S/C18H23FN4O4/c1-6-22(17(26)27-18(3,4)5)11-8-13(19)14(20-9-11)15-12(16(24)25)10-21-23(15)7-2/h8-10H,6-7H2,1-5H3,(H,24,25). The van der Waals surface area contributed by atoms with Crippen molar-refractivity contribution >= 4 is 17.7 Å². The van der Waals surface area contributed by atoms with Gasteiger partial charge in [0.1, 0.15) is 22.6 Å². The molecule has 2 aromatic rings. The summed E-state index contributed by atoms with van der Waals surface area (Å²) in [5.41, 5.74) is -0.687. The summed E-state index contributed by atoms with van der Waals surface area (Å²) >= 11 is 0. The fourth-order valence-corrected chi connectivity index (χ4v) is 2.52. The van der Waals surface area contributed by atoms with Gasteiger partial charge in [0.15, 0.2) is 5.82 Å². The molecule has 0 bridgehead atoms. The summed E-state index contributed by atoms with van der Waals surface area (Å²) in [6, 6.07) is 1.13. The first-order chi connectivity index (χ1) is 12.6. The van der Waals surface area contributed by atoms with Crippen LogP contribution in [0.2, 0.25) is 0 Å². The smallest absolute Gasteiger partial charge is 0.414 e. The number of aromatic carboxylic acids is 1. The van der Waals surface area contributed by atoms with Crippen molar-refractivity contribution in [3.8, 4) is 11.4 Å². The van der Waals surface area contributed by atoms with E-state index in [1.165, 1.54) is 15.8 Å². The number of carboxylic acid groups (broad SMARTS) is 1. The van der Waals surface area contributed by atoms with Gasteiger partial charge in [-0.1, -0.05) is 0 Å². The van der Waals surface area contributed by atoms with Crippen molar-refractivity contribution in [2.45, 2.75) is 46.8 Å². The first-order valence-electron chi connectivity index (χ1n) is 8.54. The predicted molar refractivity (Wildman–Crippen MR) is 97.3 cm³/mol. The SMILES string of the molecule is CCN(C(=O)OC(C)(C)C)c1cnc(-c2c(C(=O)O)cnn2CC)c(F)c1. The van der Waals surface area contributed by atoms with Gasteiger partial charge in [-0.2, -0.15) is 5.10 Å². The van der Waals surface area contributed by atoms with E-state index in [1.54, 1.807) is 34.6 Å². The van der Waals surface area contributed by atoms with Crippen LogP contribution in [0.4, 0.5) is 14.9 Å². The number of rotatable bonds is 5. The Labute approximate surface area is 156 Å². The van der Waals surface area contributed by atoms with E-state index in [1.807, 2.05) is 0 Å². The second-order valence-electron chi connectivity index (χ2n) is 6.78. The highest BCUT2D eigenvalue weighted by atomic mass is 19.1. The van der Waals surface area contributed by atoms with Crippen LogP contribution in [0.5, 0.6) is 0 Å². The minimum atomic E-state index is -1.22. The van der Waals surface area contributed by atoms with Gasteiger partial charge in [-0.25, -0.2) is 19.0 Å². The fourth-order valence-electron chi connectivity index (χ4n) is 2.52. The molecule has 0 atom stereocenters. The number of amides is 1. The Morgan fingerprint density at radius 1 is 1.30 bits per heavy atom. The van der Waals surface area contributed by atoms with E-state index in [4.69, 9.17) is 4.74 Å². The average molecular weight is 378 g/mol. The van der Waals surface area contributed by atoms with Crippen LogP contribution in [0.3, 0.4) is 0 Å². The Bertz CT molecular complexity index is 858. The molecule has 8 nitrogen and oxygen atoms in total. The van der Waals surface area contributed by atoms with E-state index in [9.17, 15) is 19.1 Å². The number of hydrogen-bond acceptors (Lipinski definition) is 5. The van der Waals surface area contributed by atoms with Crippen LogP contribution in [-0.4, -0.2) is 44.1 Å². The molecule has 1 N–H and O–H groups in total. The van der Waals surface area contributed by atoms with Gasteiger partial charge < -0.3 is 9.84 Å². The van der Waals surface area contributed by atoms with Crippen LogP contribution >= 0.6 is 0 Å². The van der Waals surface area contributed by atoms with Crippen LogP contribution in [0.25, 0.3) is 11.4 Å². The molecule has 0 unspecified atom stereocenters. The van der Waals surface area contributed by atoms with E-state index < -0.39 is 23.5 Å². The van der Waals surface area contributed by atoms with E-state index in [0.29, 0.717) is 6.54 Å². The van der Waals surface area contributed by atoms with Crippen LogP contribution < -0.4 is 4.90 Å². The fraction of sp³-hybridized carbons (Fsp3) is 0.444. The van der Waals surface area contributed by atoms with Crippen molar-refractivity contribution in [1.29, 1.82) is 0 Å². The number of carbonyl (C=O) groups is 2. The lowest BCUT2D eigenvalue weighted by Crippen LogP contribution is -2.36. The summed E-state index contributed by atoms with van der Waals surface area (Å²) in [6.07, 6.45) is 1.85. The zero-order valence-corrected chi connectivity index (χ0v) is 16.0. The molecule has 146 valence electrons. The van der Waals surface area contributed by atoms with Crippen molar-refractivity contribution in [2.24, 2.45) is 0 Å². The molecule has 27 heavy (non-hydrogen) atoms. The minimum absolute atomic E-state index is 0.0781. The first-order valence-corrected chi connectivity index (χ1v) is 8.54. The zero-order valence-electron chi connectivity index (χ0n) is 16.0. The third kappa shape index (κ3) is 4.42. The second-order valence-corrected chi connectivity index (χ2v) is 6.78. The van der Waals surface area contributed by atoms with Crippen molar-refractivity contribution < 1.29 is 23.8 Å². The normalized spacial score (nSPS) is 11.3. The molecule has 2 rings (SSSR count). The molecule has 0 saturated carbocycles. The molecule has 0 aliphatic rings. The summed E-state index contributed by atoms with van der Waals surface area (Å²) in [5, 5.41) is 13.3. The third-order valence-corrected chi connectivity index (χ3v) is 3.66. The first kappa shape index (κ1) is 20.3. The quantitative estimate of drug-likeness (QED) is 0.854. The number of pyridine rings is 1. The van der Waals surface area contributed by atoms with Gasteiger partial charge in [0.05, 0.1) is 18.1 Å². The lowest BCUT2D eigenvalue weighted by Gasteiger charge is -2.26. The number of aromatic nitrogens is 3. The Hall–Kier alpha value is -2.97. The number of anilines is 1. The molecule has 0 fully saturated rings. The molecule has 9 heteroatoms. The predicted octanol–water partition coefficient (Wildman–Crippen LogP) is 3.56. The molecule has 2 aromatic heterocycles. The van der Waals surface area contributed by atoms with E-state index >= 15 is 0 Å². The van der Waals surface area contributed by atoms with Gasteiger partial charge in [-0.3, -0.25) is 9.58 Å². The number of halogens is 1. The van der Waals surface area contributed by atoms with E-state index in [-0.39, 0.29) is 29.2 Å². The van der Waals surface area contributed by atoms with E-state index in [0.717, 1.165) is 12.3 Å². The molecule has 0 aliphatic heterocycles. The Balaban J connectivity index is 2.45. The highest BCUT2D eigenvalue weighted by molar-refractivity contribution is 5.94. The minimum Gasteiger partial charge on any atom is -0.478 e. The summed E-state index contributed by atoms with van der Waals surface area (Å²) in [6.45, 7) is 9.30. The van der Waals surface area contributed by atoms with Gasteiger partial charge in [0.2, 0.25) is 0 Å². The van der Waals surface area contributed by atoms with Crippen molar-refractivity contribution in [1.82, 2.24) is 14.8 Å². The highest BCUT2D eigenvalue weighted by Crippen LogP contribution is 2.28. The molecular weight excluding hydrogens is 355 g/mol. The van der Waals surface area contributed by atoms with Gasteiger partial charge in [0, 0.05) is 19.2 Å². The van der Waals surface area contributed by atoms with Crippen LogP contribution in [0, 0.1) is 5.82 Å². The third-order valence-electron chi connectivity index (χ3n) is 3.66. The van der Waals surface area contributed by atoms with E-state index in [2.05, 4.69) is 10.1 Å². The van der Waals surface area contributed by atoms with Gasteiger partial charge in [-0.05, 0) is 34.6 Å². The average Bonchev–Trinajstić information content (AvgIpc) is 2.98. The monoisotopic (exact) mass is 378 g/mol. The molecule has 0 radical (unpaired) electrons. The van der Waals surface area contributed by atoms with Crippen molar-refractivity contribution in [2.75, 3.05) is 11.4 Å². The lowest BCUT2D eigenvalue weighted by atomic mass is 10.1. The van der Waals surface area contributed by atoms with Gasteiger partial charge in [0.25, 0.3) is 0 Å². The van der Waals surface area contributed by atoms with Crippen LogP contribution in [0.15, 0.2) is 18.5 Å². The Morgan fingerprint density at radius 2 is 1.96 bits per heavy atom. The maximum absolute atomic E-state index is 14.8. The molecule has 0 aliphatic carbocycles. The molecular formula is C18H23FN4O4. The number of nitrogens with zero attached hydrogens (tertiary/aromatic N) is 4. The number of aryl methyl sites for hydroxylation is 1. The lowest BCUT2D eigenvalue weighted by molar-refractivity contribution is 0.0581. The topological polar surface area (TPSA) is 97.6 Å². The second kappa shape index (κ2) is 7.73. The molecule has 2 heterocycles. The highest BCUT2D eigenvalue weighted by Gasteiger charge is 2.25. The number of hydrogen-bond donors (Lipinski definition) is 1. The summed E-state index contributed by atoms with van der Waals surface area (Å²) in [4.78, 5) is 29.0. The molecule has 0 saturated heterocycles. The summed E-state index contributed by atoms with van der Waals surface area (Å²) < 4.78 is 21.5. The van der Waals surface area contributed by atoms with Gasteiger partial charge in [-0.15, -0.1) is 0 Å². The zero-order chi connectivity index (χ0) is 20.4. The van der Waals surface area contributed by atoms with Crippen LogP contribution in [0.1, 0.15) is 45.0 Å². The van der Waals surface area contributed by atoms with Crippen LogP contribution in [-0.2, 0) is 11.3 Å². The molecule has 0 aromatic carbocycles. The number of carboxylic acids is 1. The maximum atomic E-state index is 14.8. The molecule has 1 amide bonds. The Morgan fingerprint density at radius 3 is 2.44 bits per heavy atom. The maximum Gasteiger partial charge on any atom is 0.414 e. The Kier molecular flexibility index (Phi) is 5.82. The molecule has 0 spiro atoms. The van der Waals surface area contributed by atoms with Gasteiger partial charge >= 0.3 is 12.1 Å². The summed E-state index contributed by atoms with van der Waals surface area (Å²) in [7, 11) is 0. The van der Waals surface area contributed by atoms with Crippen molar-refractivity contribution in [3.63, 3.8) is 0 Å². The number of ether oxygens (including phenoxy) is 1. The summed E-state index contributed by atoms with van der Waals surface area (Å²) in [5.74, 6) is -1.98. The number of carbonyl (C=O) groups excluding carboxylic acids is 1. The largest absolute Gasteiger partial charge is 0.478 e. The van der Waals surface area contributed by atoms with Crippen molar-refractivity contribution in [3.05, 3.63) is 29.8 Å².